The molecule has 0 spiro atoms. The number of rotatable bonds is 5. The van der Waals surface area contributed by atoms with E-state index in [0.717, 1.165) is 42.0 Å². The highest BCUT2D eigenvalue weighted by Gasteiger charge is 2.05. The molecule has 0 amide bonds. The van der Waals surface area contributed by atoms with Crippen LogP contribution in [0.3, 0.4) is 0 Å². The van der Waals surface area contributed by atoms with Crippen LogP contribution in [0.5, 0.6) is 0 Å². The van der Waals surface area contributed by atoms with Crippen LogP contribution >= 0.6 is 0 Å². The van der Waals surface area contributed by atoms with Crippen LogP contribution in [0.25, 0.3) is 10.8 Å². The first kappa shape index (κ1) is 13.8. The first-order valence-electron chi connectivity index (χ1n) is 7.06. The van der Waals surface area contributed by atoms with Crippen molar-refractivity contribution in [3.8, 4) is 0 Å². The predicted octanol–water partition coefficient (Wildman–Crippen LogP) is 5.44. The summed E-state index contributed by atoms with van der Waals surface area (Å²) in [5, 5.41) is 1.76. The number of aryl methyl sites for hydroxylation is 2. The fourth-order valence-electron chi connectivity index (χ4n) is 2.42. The molecule has 2 aromatic carbocycles. The summed E-state index contributed by atoms with van der Waals surface area (Å²) in [4.78, 5) is 0. The zero-order valence-electron chi connectivity index (χ0n) is 11.7. The van der Waals surface area contributed by atoms with E-state index in [1.807, 2.05) is 25.1 Å². The SMILES string of the molecule is CC=CCCc1cc(F)c2cc(CCC)ccc2c1. The zero-order valence-corrected chi connectivity index (χ0v) is 11.7. The van der Waals surface area contributed by atoms with Gasteiger partial charge < -0.3 is 0 Å². The molecule has 19 heavy (non-hydrogen) atoms. The van der Waals surface area contributed by atoms with E-state index in [-0.39, 0.29) is 5.82 Å². The van der Waals surface area contributed by atoms with E-state index in [4.69, 9.17) is 0 Å². The quantitative estimate of drug-likeness (QED) is 0.625. The van der Waals surface area contributed by atoms with Crippen molar-refractivity contribution in [2.45, 2.75) is 39.5 Å². The lowest BCUT2D eigenvalue weighted by atomic mass is 10.00. The smallest absolute Gasteiger partial charge is 0.131 e. The summed E-state index contributed by atoms with van der Waals surface area (Å²) in [6.07, 6.45) is 8.12. The Morgan fingerprint density at radius 1 is 1.05 bits per heavy atom. The monoisotopic (exact) mass is 256 g/mol. The predicted molar refractivity (Wildman–Crippen MR) is 81.0 cm³/mol. The van der Waals surface area contributed by atoms with Gasteiger partial charge in [0.15, 0.2) is 0 Å². The molecule has 1 heteroatoms. The van der Waals surface area contributed by atoms with Gasteiger partial charge in [-0.05, 0) is 54.8 Å². The summed E-state index contributed by atoms with van der Waals surface area (Å²) in [6, 6.07) is 9.94. The summed E-state index contributed by atoms with van der Waals surface area (Å²) in [6.45, 7) is 4.15. The van der Waals surface area contributed by atoms with Crippen LogP contribution in [-0.4, -0.2) is 0 Å². The van der Waals surface area contributed by atoms with Gasteiger partial charge in [0, 0.05) is 5.39 Å². The van der Waals surface area contributed by atoms with Crippen molar-refractivity contribution in [2.24, 2.45) is 0 Å². The number of hydrogen-bond donors (Lipinski definition) is 0. The Bertz CT molecular complexity index is 582. The van der Waals surface area contributed by atoms with E-state index in [2.05, 4.69) is 25.1 Å². The van der Waals surface area contributed by atoms with E-state index in [1.165, 1.54) is 5.56 Å². The second-order valence-corrected chi connectivity index (χ2v) is 4.99. The highest BCUT2D eigenvalue weighted by molar-refractivity contribution is 5.84. The molecule has 0 nitrogen and oxygen atoms in total. The fraction of sp³-hybridized carbons (Fsp3) is 0.333. The minimum Gasteiger partial charge on any atom is -0.206 e. The Morgan fingerprint density at radius 3 is 2.63 bits per heavy atom. The van der Waals surface area contributed by atoms with Crippen molar-refractivity contribution in [3.05, 3.63) is 59.4 Å². The minimum atomic E-state index is -0.0917. The van der Waals surface area contributed by atoms with E-state index < -0.39 is 0 Å². The Balaban J connectivity index is 2.33. The Kier molecular flexibility index (Phi) is 4.73. The number of allylic oxidation sites excluding steroid dienone is 2. The first-order chi connectivity index (χ1) is 9.24. The molecule has 0 aliphatic heterocycles. The van der Waals surface area contributed by atoms with Gasteiger partial charge in [-0.25, -0.2) is 4.39 Å². The van der Waals surface area contributed by atoms with Crippen LogP contribution in [-0.2, 0) is 12.8 Å². The highest BCUT2D eigenvalue weighted by Crippen LogP contribution is 2.23. The molecule has 0 fully saturated rings. The third-order valence-corrected chi connectivity index (χ3v) is 3.40. The third-order valence-electron chi connectivity index (χ3n) is 3.40. The van der Waals surface area contributed by atoms with Crippen LogP contribution in [0.1, 0.15) is 37.8 Å². The molecule has 2 aromatic rings. The van der Waals surface area contributed by atoms with E-state index >= 15 is 0 Å². The lowest BCUT2D eigenvalue weighted by Crippen LogP contribution is -1.90. The molecule has 0 saturated heterocycles. The second kappa shape index (κ2) is 6.51. The average molecular weight is 256 g/mol. The van der Waals surface area contributed by atoms with Crippen LogP contribution in [0, 0.1) is 5.82 Å². The van der Waals surface area contributed by atoms with Gasteiger partial charge in [-0.15, -0.1) is 0 Å². The van der Waals surface area contributed by atoms with Crippen molar-refractivity contribution in [1.29, 1.82) is 0 Å². The molecule has 0 N–H and O–H groups in total. The molecule has 2 rings (SSSR count). The maximum atomic E-state index is 14.2. The Morgan fingerprint density at radius 2 is 1.89 bits per heavy atom. The van der Waals surface area contributed by atoms with Crippen molar-refractivity contribution in [2.75, 3.05) is 0 Å². The molecule has 0 bridgehead atoms. The van der Waals surface area contributed by atoms with Gasteiger partial charge in [-0.3, -0.25) is 0 Å². The Hall–Kier alpha value is -1.63. The van der Waals surface area contributed by atoms with Gasteiger partial charge >= 0.3 is 0 Å². The molecule has 100 valence electrons. The number of benzene rings is 2. The number of halogens is 1. The molecule has 0 aliphatic rings. The van der Waals surface area contributed by atoms with Gasteiger partial charge in [0.05, 0.1) is 0 Å². The average Bonchev–Trinajstić information content (AvgIpc) is 2.40. The maximum Gasteiger partial charge on any atom is 0.131 e. The molecule has 0 aliphatic carbocycles. The van der Waals surface area contributed by atoms with Crippen molar-refractivity contribution < 1.29 is 4.39 Å². The summed E-state index contributed by atoms with van der Waals surface area (Å²) in [7, 11) is 0. The van der Waals surface area contributed by atoms with Gasteiger partial charge in [-0.1, -0.05) is 43.7 Å². The maximum absolute atomic E-state index is 14.2. The molecule has 0 radical (unpaired) electrons. The van der Waals surface area contributed by atoms with E-state index in [9.17, 15) is 4.39 Å². The third kappa shape index (κ3) is 3.44. The zero-order chi connectivity index (χ0) is 13.7. The largest absolute Gasteiger partial charge is 0.206 e. The van der Waals surface area contributed by atoms with E-state index in [0.29, 0.717) is 0 Å². The summed E-state index contributed by atoms with van der Waals surface area (Å²) < 4.78 is 14.2. The summed E-state index contributed by atoms with van der Waals surface area (Å²) in [5.74, 6) is -0.0917. The standard InChI is InChI=1S/C18H21F/c1-3-5-6-8-15-11-16-10-9-14(7-4-2)12-17(16)18(19)13-15/h3,5,9-13H,4,6-8H2,1-2H3. The highest BCUT2D eigenvalue weighted by atomic mass is 19.1. The molecular formula is C18H21F. The summed E-state index contributed by atoms with van der Waals surface area (Å²) in [5.41, 5.74) is 2.29. The van der Waals surface area contributed by atoms with Gasteiger partial charge in [0.1, 0.15) is 5.82 Å². The molecule has 0 saturated carbocycles. The van der Waals surface area contributed by atoms with Crippen LogP contribution in [0.2, 0.25) is 0 Å². The van der Waals surface area contributed by atoms with Gasteiger partial charge in [0.25, 0.3) is 0 Å². The molecule has 0 heterocycles. The van der Waals surface area contributed by atoms with Gasteiger partial charge in [-0.2, -0.15) is 0 Å². The number of fused-ring (bicyclic) bond motifs is 1. The van der Waals surface area contributed by atoms with Crippen LogP contribution in [0.15, 0.2) is 42.5 Å². The van der Waals surface area contributed by atoms with Gasteiger partial charge in [0.2, 0.25) is 0 Å². The topological polar surface area (TPSA) is 0 Å². The number of hydrogen-bond acceptors (Lipinski definition) is 0. The fourth-order valence-corrected chi connectivity index (χ4v) is 2.42. The van der Waals surface area contributed by atoms with Crippen molar-refractivity contribution in [1.82, 2.24) is 0 Å². The first-order valence-corrected chi connectivity index (χ1v) is 7.06. The lowest BCUT2D eigenvalue weighted by Gasteiger charge is -2.07. The summed E-state index contributed by atoms with van der Waals surface area (Å²) >= 11 is 0. The molecule has 0 unspecified atom stereocenters. The Labute approximate surface area is 115 Å². The molecule has 0 aromatic heterocycles. The molecule has 0 atom stereocenters. The molecular weight excluding hydrogens is 235 g/mol. The lowest BCUT2D eigenvalue weighted by molar-refractivity contribution is 0.637. The van der Waals surface area contributed by atoms with Crippen LogP contribution in [0.4, 0.5) is 4.39 Å². The van der Waals surface area contributed by atoms with Crippen molar-refractivity contribution >= 4 is 10.8 Å². The minimum absolute atomic E-state index is 0.0917. The van der Waals surface area contributed by atoms with Crippen LogP contribution < -0.4 is 0 Å². The normalized spacial score (nSPS) is 11.5. The van der Waals surface area contributed by atoms with Crippen molar-refractivity contribution in [3.63, 3.8) is 0 Å². The second-order valence-electron chi connectivity index (χ2n) is 4.99. The van der Waals surface area contributed by atoms with E-state index in [1.54, 1.807) is 6.07 Å².